The molecule has 94 valence electrons. The van der Waals surface area contributed by atoms with Gasteiger partial charge in [-0.15, -0.1) is 11.8 Å². The predicted molar refractivity (Wildman–Crippen MR) is 72.6 cm³/mol. The van der Waals surface area contributed by atoms with E-state index in [2.05, 4.69) is 22.0 Å². The molecule has 0 unspecified atom stereocenters. The molecule has 1 atom stereocenters. The largest absolute Gasteiger partial charge is 0.393 e. The molecule has 1 aliphatic rings. The van der Waals surface area contributed by atoms with E-state index in [1.54, 1.807) is 11.8 Å². The summed E-state index contributed by atoms with van der Waals surface area (Å²) in [5, 5.41) is 10.6. The van der Waals surface area contributed by atoms with Crippen LogP contribution in [-0.4, -0.2) is 35.5 Å². The lowest BCUT2D eigenvalue weighted by atomic mass is 9.92. The lowest BCUT2D eigenvalue weighted by Crippen LogP contribution is -2.37. The molecule has 0 spiro atoms. The van der Waals surface area contributed by atoms with E-state index < -0.39 is 0 Å². The first-order valence-electron chi connectivity index (χ1n) is 6.13. The van der Waals surface area contributed by atoms with Crippen LogP contribution in [0.2, 0.25) is 0 Å². The lowest BCUT2D eigenvalue weighted by Gasteiger charge is -2.34. The third kappa shape index (κ3) is 3.13. The van der Waals surface area contributed by atoms with Gasteiger partial charge in [0.25, 0.3) is 0 Å². The Labute approximate surface area is 107 Å². The van der Waals surface area contributed by atoms with Crippen molar-refractivity contribution in [3.63, 3.8) is 0 Å². The van der Waals surface area contributed by atoms with Gasteiger partial charge in [0.15, 0.2) is 0 Å². The zero-order valence-electron chi connectivity index (χ0n) is 10.5. The van der Waals surface area contributed by atoms with Crippen molar-refractivity contribution in [2.45, 2.75) is 30.9 Å². The number of aromatic nitrogens is 1. The van der Waals surface area contributed by atoms with Crippen LogP contribution >= 0.6 is 11.8 Å². The molecule has 1 N–H and O–H groups in total. The van der Waals surface area contributed by atoms with E-state index in [0.717, 1.165) is 31.0 Å². The zero-order valence-corrected chi connectivity index (χ0v) is 11.3. The molecule has 2 rings (SSSR count). The fraction of sp³-hybridized carbons (Fsp3) is 0.615. The van der Waals surface area contributed by atoms with Crippen LogP contribution in [-0.2, 0) is 0 Å². The van der Waals surface area contributed by atoms with E-state index in [-0.39, 0.29) is 6.10 Å². The van der Waals surface area contributed by atoms with Crippen molar-refractivity contribution in [2.24, 2.45) is 5.92 Å². The van der Waals surface area contributed by atoms with Crippen LogP contribution < -0.4 is 4.90 Å². The fourth-order valence-corrected chi connectivity index (χ4v) is 2.68. The molecule has 0 amide bonds. The molecule has 4 heteroatoms. The lowest BCUT2D eigenvalue weighted by molar-refractivity contribution is 0.110. The van der Waals surface area contributed by atoms with Gasteiger partial charge < -0.3 is 10.0 Å². The normalized spacial score (nSPS) is 19.4. The minimum Gasteiger partial charge on any atom is -0.393 e. The monoisotopic (exact) mass is 252 g/mol. The minimum absolute atomic E-state index is 0.172. The molecular formula is C13H20N2OS. The molecule has 0 saturated carbocycles. The number of thioether (sulfide) groups is 1. The van der Waals surface area contributed by atoms with E-state index in [9.17, 15) is 5.11 Å². The Hall–Kier alpha value is -0.740. The number of nitrogens with zero attached hydrogens (tertiary/aromatic N) is 2. The van der Waals surface area contributed by atoms with Gasteiger partial charge in [-0.2, -0.15) is 0 Å². The number of piperidine rings is 1. The number of pyridine rings is 1. The summed E-state index contributed by atoms with van der Waals surface area (Å²) in [7, 11) is 0. The molecule has 17 heavy (non-hydrogen) atoms. The molecule has 0 radical (unpaired) electrons. The number of rotatable bonds is 3. The van der Waals surface area contributed by atoms with E-state index >= 15 is 0 Å². The van der Waals surface area contributed by atoms with Gasteiger partial charge in [0, 0.05) is 13.1 Å². The van der Waals surface area contributed by atoms with E-state index in [1.165, 1.54) is 5.69 Å². The standard InChI is InChI=1S/C13H20N2OS/c1-10(16)11-5-7-15(8-6-11)12-3-4-13(17-2)14-9-12/h3-4,9-11,16H,5-8H2,1-2H3/t10-/m1/s1. The van der Waals surface area contributed by atoms with Gasteiger partial charge in [0.05, 0.1) is 23.0 Å². The Morgan fingerprint density at radius 3 is 2.59 bits per heavy atom. The summed E-state index contributed by atoms with van der Waals surface area (Å²) in [5.41, 5.74) is 1.20. The van der Waals surface area contributed by atoms with E-state index in [1.807, 2.05) is 19.4 Å². The first kappa shape index (κ1) is 12.7. The second kappa shape index (κ2) is 5.74. The number of aliphatic hydroxyl groups excluding tert-OH is 1. The number of anilines is 1. The Kier molecular flexibility index (Phi) is 4.29. The number of hydrogen-bond acceptors (Lipinski definition) is 4. The Morgan fingerprint density at radius 2 is 2.12 bits per heavy atom. The molecular weight excluding hydrogens is 232 g/mol. The van der Waals surface area contributed by atoms with Gasteiger partial charge in [-0.25, -0.2) is 4.98 Å². The SMILES string of the molecule is CSc1ccc(N2CCC([C@@H](C)O)CC2)cn1. The van der Waals surface area contributed by atoms with Crippen molar-refractivity contribution in [1.29, 1.82) is 0 Å². The van der Waals surface area contributed by atoms with Crippen LogP contribution in [0.25, 0.3) is 0 Å². The second-order valence-electron chi connectivity index (χ2n) is 4.62. The first-order valence-corrected chi connectivity index (χ1v) is 7.36. The average Bonchev–Trinajstić information content (AvgIpc) is 2.39. The zero-order chi connectivity index (χ0) is 12.3. The van der Waals surface area contributed by atoms with Crippen molar-refractivity contribution >= 4 is 17.4 Å². The summed E-state index contributed by atoms with van der Waals surface area (Å²) in [6, 6.07) is 4.21. The van der Waals surface area contributed by atoms with Gasteiger partial charge in [-0.3, -0.25) is 0 Å². The van der Waals surface area contributed by atoms with Crippen molar-refractivity contribution in [1.82, 2.24) is 4.98 Å². The van der Waals surface area contributed by atoms with Gasteiger partial charge in [0.1, 0.15) is 0 Å². The quantitative estimate of drug-likeness (QED) is 0.838. The molecule has 1 aliphatic heterocycles. The molecule has 1 saturated heterocycles. The topological polar surface area (TPSA) is 36.4 Å². The van der Waals surface area contributed by atoms with Crippen molar-refractivity contribution in [2.75, 3.05) is 24.2 Å². The van der Waals surface area contributed by atoms with Gasteiger partial charge in [-0.1, -0.05) is 0 Å². The Bertz CT molecular complexity index is 345. The summed E-state index contributed by atoms with van der Waals surface area (Å²) >= 11 is 1.67. The molecule has 0 bridgehead atoms. The number of hydrogen-bond donors (Lipinski definition) is 1. The van der Waals surface area contributed by atoms with Gasteiger partial charge >= 0.3 is 0 Å². The summed E-state index contributed by atoms with van der Waals surface area (Å²) < 4.78 is 0. The highest BCUT2D eigenvalue weighted by molar-refractivity contribution is 7.98. The number of aliphatic hydroxyl groups is 1. The highest BCUT2D eigenvalue weighted by atomic mass is 32.2. The van der Waals surface area contributed by atoms with Crippen molar-refractivity contribution in [3.8, 4) is 0 Å². The molecule has 1 aromatic heterocycles. The predicted octanol–water partition coefficient (Wildman–Crippen LogP) is 2.40. The van der Waals surface area contributed by atoms with Crippen LogP contribution in [0.15, 0.2) is 23.4 Å². The fourth-order valence-electron chi connectivity index (χ4n) is 2.32. The summed E-state index contributed by atoms with van der Waals surface area (Å²) in [6.45, 7) is 3.95. The second-order valence-corrected chi connectivity index (χ2v) is 5.45. The molecule has 0 aliphatic carbocycles. The average molecular weight is 252 g/mol. The Balaban J connectivity index is 1.95. The molecule has 3 nitrogen and oxygen atoms in total. The highest BCUT2D eigenvalue weighted by Gasteiger charge is 2.22. The maximum absolute atomic E-state index is 9.57. The molecule has 1 fully saturated rings. The molecule has 1 aromatic rings. The molecule has 0 aromatic carbocycles. The van der Waals surface area contributed by atoms with E-state index in [4.69, 9.17) is 0 Å². The highest BCUT2D eigenvalue weighted by Crippen LogP contribution is 2.25. The third-order valence-electron chi connectivity index (χ3n) is 3.52. The third-order valence-corrected chi connectivity index (χ3v) is 4.18. The van der Waals surface area contributed by atoms with Crippen LogP contribution in [0.4, 0.5) is 5.69 Å². The maximum atomic E-state index is 9.57. The molecule has 2 heterocycles. The van der Waals surface area contributed by atoms with E-state index in [0.29, 0.717) is 5.92 Å². The smallest absolute Gasteiger partial charge is 0.0958 e. The van der Waals surface area contributed by atoms with Gasteiger partial charge in [-0.05, 0) is 44.1 Å². The Morgan fingerprint density at radius 1 is 1.41 bits per heavy atom. The summed E-state index contributed by atoms with van der Waals surface area (Å²) in [5.74, 6) is 0.463. The summed E-state index contributed by atoms with van der Waals surface area (Å²) in [4.78, 5) is 6.76. The van der Waals surface area contributed by atoms with Crippen LogP contribution in [0, 0.1) is 5.92 Å². The van der Waals surface area contributed by atoms with Crippen LogP contribution in [0.1, 0.15) is 19.8 Å². The first-order chi connectivity index (χ1) is 8.20. The van der Waals surface area contributed by atoms with Crippen LogP contribution in [0.3, 0.4) is 0 Å². The summed E-state index contributed by atoms with van der Waals surface area (Å²) in [6.07, 6.45) is 5.96. The van der Waals surface area contributed by atoms with Crippen LogP contribution in [0.5, 0.6) is 0 Å². The van der Waals surface area contributed by atoms with Crippen molar-refractivity contribution < 1.29 is 5.11 Å². The minimum atomic E-state index is -0.172. The van der Waals surface area contributed by atoms with Gasteiger partial charge in [0.2, 0.25) is 0 Å². The maximum Gasteiger partial charge on any atom is 0.0958 e. The van der Waals surface area contributed by atoms with Crippen molar-refractivity contribution in [3.05, 3.63) is 18.3 Å².